The van der Waals surface area contributed by atoms with Crippen LogP contribution in [0.4, 0.5) is 5.69 Å². The molecule has 1 aromatic carbocycles. The maximum atomic E-state index is 11.4. The molecule has 1 aliphatic rings. The number of rotatable bonds is 5. The van der Waals surface area contributed by atoms with Gasteiger partial charge in [-0.15, -0.1) is 0 Å². The van der Waals surface area contributed by atoms with Gasteiger partial charge in [0.25, 0.3) is 0 Å². The Kier molecular flexibility index (Phi) is 4.17. The van der Waals surface area contributed by atoms with Crippen LogP contribution in [0.15, 0.2) is 24.3 Å². The minimum atomic E-state index is -0.145. The van der Waals surface area contributed by atoms with E-state index in [4.69, 9.17) is 4.74 Å². The van der Waals surface area contributed by atoms with Gasteiger partial charge in [0.1, 0.15) is 0 Å². The molecule has 0 saturated carbocycles. The van der Waals surface area contributed by atoms with Gasteiger partial charge in [0, 0.05) is 25.9 Å². The van der Waals surface area contributed by atoms with Gasteiger partial charge >= 0.3 is 0 Å². The summed E-state index contributed by atoms with van der Waals surface area (Å²) >= 11 is 0. The number of nitrogens with zero attached hydrogens (tertiary/aromatic N) is 1. The molecule has 1 saturated heterocycles. The molecule has 1 aromatic rings. The number of hydroxylamine groups is 1. The summed E-state index contributed by atoms with van der Waals surface area (Å²) in [7, 11) is 3.16. The van der Waals surface area contributed by atoms with Gasteiger partial charge in [0.15, 0.2) is 0 Å². The lowest BCUT2D eigenvalue weighted by molar-refractivity contribution is -0.130. The Balaban J connectivity index is 1.95. The average Bonchev–Trinajstić information content (AvgIpc) is 2.28. The minimum Gasteiger partial charge on any atom is -0.378 e. The Labute approximate surface area is 107 Å². The number of anilines is 1. The number of carbonyl (C=O) groups is 1. The van der Waals surface area contributed by atoms with Crippen LogP contribution in [-0.4, -0.2) is 39.3 Å². The number of hydrogen-bond acceptors (Lipinski definition) is 4. The molecule has 0 aromatic heterocycles. The maximum absolute atomic E-state index is 11.4. The van der Waals surface area contributed by atoms with Gasteiger partial charge in [-0.2, -0.15) is 0 Å². The molecule has 0 bridgehead atoms. The van der Waals surface area contributed by atoms with Crippen molar-refractivity contribution >= 4 is 11.6 Å². The van der Waals surface area contributed by atoms with Gasteiger partial charge in [-0.3, -0.25) is 9.63 Å². The number of methoxy groups -OCH3 is 1. The van der Waals surface area contributed by atoms with E-state index in [2.05, 4.69) is 15.2 Å². The van der Waals surface area contributed by atoms with E-state index in [1.807, 2.05) is 24.3 Å². The van der Waals surface area contributed by atoms with Crippen LogP contribution in [0, 0.1) is 0 Å². The lowest BCUT2D eigenvalue weighted by Gasteiger charge is -2.40. The Morgan fingerprint density at radius 3 is 2.89 bits per heavy atom. The fraction of sp³-hybridized carbons (Fsp3) is 0.462. The molecule has 98 valence electrons. The van der Waals surface area contributed by atoms with Crippen LogP contribution in [0.2, 0.25) is 0 Å². The molecule has 1 N–H and O–H groups in total. The first kappa shape index (κ1) is 12.9. The SMILES string of the molecule is CONC(=O)Cc1cccc(N2CC(OC)C2)c1. The smallest absolute Gasteiger partial charge is 0.247 e. The molecule has 1 amide bonds. The van der Waals surface area contributed by atoms with E-state index in [9.17, 15) is 4.79 Å². The van der Waals surface area contributed by atoms with Crippen LogP contribution in [0.5, 0.6) is 0 Å². The second-order valence-corrected chi connectivity index (χ2v) is 4.34. The molecule has 2 rings (SSSR count). The standard InChI is InChI=1S/C13H18N2O3/c1-17-12-8-15(9-12)11-5-3-4-10(6-11)7-13(16)14-18-2/h3-6,12H,7-9H2,1-2H3,(H,14,16). The van der Waals surface area contributed by atoms with Gasteiger partial charge < -0.3 is 9.64 Å². The molecule has 18 heavy (non-hydrogen) atoms. The predicted octanol–water partition coefficient (Wildman–Crippen LogP) is 0.742. The van der Waals surface area contributed by atoms with Gasteiger partial charge in [0.05, 0.1) is 19.6 Å². The summed E-state index contributed by atoms with van der Waals surface area (Å²) in [6.45, 7) is 1.81. The third-order valence-electron chi connectivity index (χ3n) is 3.04. The minimum absolute atomic E-state index is 0.145. The van der Waals surface area contributed by atoms with Crippen molar-refractivity contribution in [3.63, 3.8) is 0 Å². The zero-order valence-electron chi connectivity index (χ0n) is 10.7. The van der Waals surface area contributed by atoms with Crippen LogP contribution in [0.25, 0.3) is 0 Å². The van der Waals surface area contributed by atoms with Crippen LogP contribution in [-0.2, 0) is 20.8 Å². The van der Waals surface area contributed by atoms with Gasteiger partial charge in [-0.1, -0.05) is 12.1 Å². The Morgan fingerprint density at radius 1 is 1.44 bits per heavy atom. The van der Waals surface area contributed by atoms with E-state index in [1.165, 1.54) is 7.11 Å². The van der Waals surface area contributed by atoms with E-state index in [0.717, 1.165) is 24.3 Å². The average molecular weight is 250 g/mol. The summed E-state index contributed by atoms with van der Waals surface area (Å²) in [6.07, 6.45) is 0.647. The summed E-state index contributed by atoms with van der Waals surface area (Å²) in [6, 6.07) is 7.97. The van der Waals surface area contributed by atoms with Gasteiger partial charge in [-0.25, -0.2) is 5.48 Å². The summed E-state index contributed by atoms with van der Waals surface area (Å²) in [5, 5.41) is 0. The summed E-state index contributed by atoms with van der Waals surface area (Å²) in [4.78, 5) is 18.2. The van der Waals surface area contributed by atoms with Crippen molar-refractivity contribution in [2.24, 2.45) is 0 Å². The van der Waals surface area contributed by atoms with Crippen LogP contribution in [0.3, 0.4) is 0 Å². The number of carbonyl (C=O) groups excluding carboxylic acids is 1. The van der Waals surface area contributed by atoms with Crippen molar-refractivity contribution in [1.82, 2.24) is 5.48 Å². The van der Waals surface area contributed by atoms with Crippen LogP contribution >= 0.6 is 0 Å². The van der Waals surface area contributed by atoms with Crippen molar-refractivity contribution < 1.29 is 14.4 Å². The molecule has 5 heteroatoms. The monoisotopic (exact) mass is 250 g/mol. The second kappa shape index (κ2) is 5.84. The highest BCUT2D eigenvalue weighted by molar-refractivity contribution is 5.77. The molecule has 5 nitrogen and oxygen atoms in total. The highest BCUT2D eigenvalue weighted by Gasteiger charge is 2.26. The summed E-state index contributed by atoms with van der Waals surface area (Å²) in [5.74, 6) is -0.145. The van der Waals surface area contributed by atoms with E-state index in [1.54, 1.807) is 7.11 Å². The highest BCUT2D eigenvalue weighted by Crippen LogP contribution is 2.23. The van der Waals surface area contributed by atoms with E-state index >= 15 is 0 Å². The molecule has 1 heterocycles. The van der Waals surface area contributed by atoms with Gasteiger partial charge in [-0.05, 0) is 17.7 Å². The molecule has 0 radical (unpaired) electrons. The van der Waals surface area contributed by atoms with E-state index in [0.29, 0.717) is 12.5 Å². The fourth-order valence-corrected chi connectivity index (χ4v) is 2.00. The first-order valence-corrected chi connectivity index (χ1v) is 5.91. The van der Waals surface area contributed by atoms with Crippen molar-refractivity contribution in [3.8, 4) is 0 Å². The predicted molar refractivity (Wildman–Crippen MR) is 68.3 cm³/mol. The topological polar surface area (TPSA) is 50.8 Å². The number of amides is 1. The zero-order chi connectivity index (χ0) is 13.0. The van der Waals surface area contributed by atoms with Crippen LogP contribution in [0.1, 0.15) is 5.56 Å². The zero-order valence-corrected chi connectivity index (χ0v) is 10.7. The van der Waals surface area contributed by atoms with E-state index in [-0.39, 0.29) is 5.91 Å². The number of nitrogens with one attached hydrogen (secondary N) is 1. The first-order valence-electron chi connectivity index (χ1n) is 5.91. The molecule has 0 spiro atoms. The largest absolute Gasteiger partial charge is 0.378 e. The molecule has 1 fully saturated rings. The van der Waals surface area contributed by atoms with Crippen LogP contribution < -0.4 is 10.4 Å². The summed E-state index contributed by atoms with van der Waals surface area (Å²) in [5.41, 5.74) is 4.42. The lowest BCUT2D eigenvalue weighted by atomic mass is 10.1. The quantitative estimate of drug-likeness (QED) is 0.783. The molecule has 0 atom stereocenters. The number of hydrogen-bond donors (Lipinski definition) is 1. The number of benzene rings is 1. The molecular formula is C13H18N2O3. The van der Waals surface area contributed by atoms with Crippen molar-refractivity contribution in [2.45, 2.75) is 12.5 Å². The normalized spacial score (nSPS) is 15.3. The summed E-state index contributed by atoms with van der Waals surface area (Å²) < 4.78 is 5.24. The Bertz CT molecular complexity index is 416. The number of ether oxygens (including phenoxy) is 1. The fourth-order valence-electron chi connectivity index (χ4n) is 2.00. The lowest BCUT2D eigenvalue weighted by Crippen LogP contribution is -2.51. The van der Waals surface area contributed by atoms with Gasteiger partial charge in [0.2, 0.25) is 5.91 Å². The Hall–Kier alpha value is -1.59. The molecule has 0 unspecified atom stereocenters. The first-order chi connectivity index (χ1) is 8.72. The Morgan fingerprint density at radius 2 is 2.22 bits per heavy atom. The molecule has 0 aliphatic carbocycles. The maximum Gasteiger partial charge on any atom is 0.247 e. The van der Waals surface area contributed by atoms with Crippen molar-refractivity contribution in [2.75, 3.05) is 32.2 Å². The highest BCUT2D eigenvalue weighted by atomic mass is 16.6. The van der Waals surface area contributed by atoms with Crippen molar-refractivity contribution in [3.05, 3.63) is 29.8 Å². The third-order valence-corrected chi connectivity index (χ3v) is 3.04. The molecular weight excluding hydrogens is 232 g/mol. The second-order valence-electron chi connectivity index (χ2n) is 4.34. The van der Waals surface area contributed by atoms with E-state index < -0.39 is 0 Å². The third kappa shape index (κ3) is 3.00. The van der Waals surface area contributed by atoms with Crippen molar-refractivity contribution in [1.29, 1.82) is 0 Å². The molecule has 1 aliphatic heterocycles.